The maximum absolute atomic E-state index is 13.3. The summed E-state index contributed by atoms with van der Waals surface area (Å²) in [5, 5.41) is 3.38. The van der Waals surface area contributed by atoms with Crippen molar-refractivity contribution in [3.05, 3.63) is 71.8 Å². The Labute approximate surface area is 138 Å². The standard InChI is InChI=1S/C20H24N2O/c1-22(16-17-8-4-2-5-9-17)19(23)20(12-14-21-15-13-20)18-10-6-3-7-11-18/h2-11,21H,12-16H2,1H3. The number of nitrogens with zero attached hydrogens (tertiary/aromatic N) is 1. The lowest BCUT2D eigenvalue weighted by Crippen LogP contribution is -2.51. The number of hydrogen-bond acceptors (Lipinski definition) is 2. The number of likely N-dealkylation sites (N-methyl/N-ethyl adjacent to an activating group) is 1. The van der Waals surface area contributed by atoms with Crippen LogP contribution in [0.2, 0.25) is 0 Å². The van der Waals surface area contributed by atoms with E-state index in [2.05, 4.69) is 29.6 Å². The van der Waals surface area contributed by atoms with Gasteiger partial charge in [0.15, 0.2) is 0 Å². The van der Waals surface area contributed by atoms with Gasteiger partial charge < -0.3 is 10.2 Å². The Kier molecular flexibility index (Phi) is 4.77. The van der Waals surface area contributed by atoms with Crippen molar-refractivity contribution in [3.8, 4) is 0 Å². The first kappa shape index (κ1) is 15.8. The van der Waals surface area contributed by atoms with Crippen molar-refractivity contribution in [2.45, 2.75) is 24.8 Å². The maximum Gasteiger partial charge on any atom is 0.233 e. The molecule has 120 valence electrons. The fourth-order valence-electron chi connectivity index (χ4n) is 3.53. The van der Waals surface area contributed by atoms with Crippen LogP contribution in [0.1, 0.15) is 24.0 Å². The van der Waals surface area contributed by atoms with Crippen LogP contribution in [0.3, 0.4) is 0 Å². The predicted octanol–water partition coefficient (Wildman–Crippen LogP) is 2.97. The normalized spacial score (nSPS) is 16.7. The van der Waals surface area contributed by atoms with Crippen LogP contribution in [-0.4, -0.2) is 30.9 Å². The number of benzene rings is 2. The molecule has 3 rings (SSSR count). The zero-order valence-electron chi connectivity index (χ0n) is 13.7. The fourth-order valence-corrected chi connectivity index (χ4v) is 3.53. The van der Waals surface area contributed by atoms with Gasteiger partial charge in [-0.05, 0) is 37.1 Å². The van der Waals surface area contributed by atoms with E-state index >= 15 is 0 Å². The second-order valence-corrected chi connectivity index (χ2v) is 6.34. The zero-order chi connectivity index (χ0) is 16.1. The second-order valence-electron chi connectivity index (χ2n) is 6.34. The molecule has 2 aromatic carbocycles. The Morgan fingerprint density at radius 2 is 1.57 bits per heavy atom. The zero-order valence-corrected chi connectivity index (χ0v) is 13.7. The van der Waals surface area contributed by atoms with Gasteiger partial charge in [0.1, 0.15) is 0 Å². The highest BCUT2D eigenvalue weighted by Gasteiger charge is 2.42. The minimum Gasteiger partial charge on any atom is -0.341 e. The van der Waals surface area contributed by atoms with Crippen LogP contribution in [0.5, 0.6) is 0 Å². The molecule has 1 N–H and O–H groups in total. The quantitative estimate of drug-likeness (QED) is 0.942. The van der Waals surface area contributed by atoms with E-state index in [0.29, 0.717) is 6.54 Å². The molecule has 0 atom stereocenters. The average Bonchev–Trinajstić information content (AvgIpc) is 2.63. The van der Waals surface area contributed by atoms with Crippen molar-refractivity contribution >= 4 is 5.91 Å². The minimum absolute atomic E-state index is 0.231. The van der Waals surface area contributed by atoms with Gasteiger partial charge >= 0.3 is 0 Å². The first-order chi connectivity index (χ1) is 11.2. The van der Waals surface area contributed by atoms with Gasteiger partial charge in [0.25, 0.3) is 0 Å². The first-order valence-corrected chi connectivity index (χ1v) is 8.28. The molecular weight excluding hydrogens is 284 g/mol. The number of carbonyl (C=O) groups is 1. The summed E-state index contributed by atoms with van der Waals surface area (Å²) in [6.07, 6.45) is 1.71. The molecule has 1 fully saturated rings. The third kappa shape index (κ3) is 3.30. The predicted molar refractivity (Wildman–Crippen MR) is 93.1 cm³/mol. The summed E-state index contributed by atoms with van der Waals surface area (Å²) in [6, 6.07) is 20.4. The molecule has 0 bridgehead atoms. The summed E-state index contributed by atoms with van der Waals surface area (Å²) in [7, 11) is 1.92. The van der Waals surface area contributed by atoms with Gasteiger partial charge in [-0.3, -0.25) is 4.79 Å². The SMILES string of the molecule is CN(Cc1ccccc1)C(=O)C1(c2ccccc2)CCNCC1. The van der Waals surface area contributed by atoms with Crippen molar-refractivity contribution < 1.29 is 4.79 Å². The van der Waals surface area contributed by atoms with Gasteiger partial charge in [-0.25, -0.2) is 0 Å². The van der Waals surface area contributed by atoms with Crippen LogP contribution < -0.4 is 5.32 Å². The van der Waals surface area contributed by atoms with Crippen LogP contribution >= 0.6 is 0 Å². The van der Waals surface area contributed by atoms with E-state index in [0.717, 1.165) is 31.5 Å². The molecular formula is C20H24N2O. The summed E-state index contributed by atoms with van der Waals surface area (Å²) < 4.78 is 0. The fraction of sp³-hybridized carbons (Fsp3) is 0.350. The van der Waals surface area contributed by atoms with Crippen LogP contribution in [0.15, 0.2) is 60.7 Å². The van der Waals surface area contributed by atoms with Gasteiger partial charge in [-0.1, -0.05) is 60.7 Å². The van der Waals surface area contributed by atoms with Gasteiger partial charge in [-0.2, -0.15) is 0 Å². The molecule has 3 heteroatoms. The summed E-state index contributed by atoms with van der Waals surface area (Å²) in [5.41, 5.74) is 1.92. The largest absolute Gasteiger partial charge is 0.341 e. The molecule has 0 aliphatic carbocycles. The highest BCUT2D eigenvalue weighted by Crippen LogP contribution is 2.35. The lowest BCUT2D eigenvalue weighted by atomic mass is 9.72. The van der Waals surface area contributed by atoms with E-state index in [1.807, 2.05) is 48.3 Å². The summed E-state index contributed by atoms with van der Waals surface area (Å²) >= 11 is 0. The van der Waals surface area contributed by atoms with E-state index in [1.54, 1.807) is 0 Å². The van der Waals surface area contributed by atoms with E-state index < -0.39 is 5.41 Å². The number of rotatable bonds is 4. The summed E-state index contributed by atoms with van der Waals surface area (Å²) in [4.78, 5) is 15.2. The Morgan fingerprint density at radius 1 is 1.00 bits per heavy atom. The van der Waals surface area contributed by atoms with E-state index in [1.165, 1.54) is 5.56 Å². The second kappa shape index (κ2) is 6.97. The van der Waals surface area contributed by atoms with E-state index in [4.69, 9.17) is 0 Å². The van der Waals surface area contributed by atoms with Crippen molar-refractivity contribution in [3.63, 3.8) is 0 Å². The van der Waals surface area contributed by atoms with Gasteiger partial charge in [0.05, 0.1) is 5.41 Å². The molecule has 0 spiro atoms. The molecule has 23 heavy (non-hydrogen) atoms. The molecule has 1 saturated heterocycles. The number of piperidine rings is 1. The lowest BCUT2D eigenvalue weighted by Gasteiger charge is -2.39. The molecule has 1 aliphatic rings. The summed E-state index contributed by atoms with van der Waals surface area (Å²) in [6.45, 7) is 2.43. The monoisotopic (exact) mass is 308 g/mol. The Morgan fingerprint density at radius 3 is 2.17 bits per heavy atom. The molecule has 3 nitrogen and oxygen atoms in total. The summed E-state index contributed by atoms with van der Waals surface area (Å²) in [5.74, 6) is 0.231. The smallest absolute Gasteiger partial charge is 0.233 e. The van der Waals surface area contributed by atoms with Gasteiger partial charge in [0.2, 0.25) is 5.91 Å². The van der Waals surface area contributed by atoms with Crippen LogP contribution in [0.4, 0.5) is 0 Å². The maximum atomic E-state index is 13.3. The minimum atomic E-state index is -0.393. The molecule has 1 heterocycles. The van der Waals surface area contributed by atoms with Gasteiger partial charge in [0, 0.05) is 13.6 Å². The molecule has 0 radical (unpaired) electrons. The molecule has 0 saturated carbocycles. The number of hydrogen-bond donors (Lipinski definition) is 1. The van der Waals surface area contributed by atoms with Crippen LogP contribution in [0, 0.1) is 0 Å². The Bertz CT molecular complexity index is 633. The van der Waals surface area contributed by atoms with Crippen molar-refractivity contribution in [2.75, 3.05) is 20.1 Å². The third-order valence-electron chi connectivity index (χ3n) is 4.80. The molecule has 2 aromatic rings. The van der Waals surface area contributed by atoms with Crippen molar-refractivity contribution in [1.29, 1.82) is 0 Å². The molecule has 1 amide bonds. The molecule has 0 unspecified atom stereocenters. The third-order valence-corrected chi connectivity index (χ3v) is 4.80. The van der Waals surface area contributed by atoms with Crippen molar-refractivity contribution in [1.82, 2.24) is 10.2 Å². The number of amides is 1. The Balaban J connectivity index is 1.86. The number of nitrogens with one attached hydrogen (secondary N) is 1. The highest BCUT2D eigenvalue weighted by molar-refractivity contribution is 5.88. The lowest BCUT2D eigenvalue weighted by molar-refractivity contribution is -0.137. The highest BCUT2D eigenvalue weighted by atomic mass is 16.2. The average molecular weight is 308 g/mol. The first-order valence-electron chi connectivity index (χ1n) is 8.28. The van der Waals surface area contributed by atoms with Crippen molar-refractivity contribution in [2.24, 2.45) is 0 Å². The molecule has 1 aliphatic heterocycles. The number of carbonyl (C=O) groups excluding carboxylic acids is 1. The topological polar surface area (TPSA) is 32.3 Å². The van der Waals surface area contributed by atoms with Gasteiger partial charge in [-0.15, -0.1) is 0 Å². The van der Waals surface area contributed by atoms with E-state index in [9.17, 15) is 4.79 Å². The Hall–Kier alpha value is -2.13. The molecule has 0 aromatic heterocycles. The van der Waals surface area contributed by atoms with Crippen LogP contribution in [0.25, 0.3) is 0 Å². The van der Waals surface area contributed by atoms with Crippen LogP contribution in [-0.2, 0) is 16.8 Å². The van der Waals surface area contributed by atoms with E-state index in [-0.39, 0.29) is 5.91 Å².